The molecule has 2 unspecified atom stereocenters. The number of rotatable bonds is 2. The molecule has 2 aliphatic heterocycles. The smallest absolute Gasteiger partial charge is 0.191 e. The summed E-state index contributed by atoms with van der Waals surface area (Å²) in [4.78, 5) is 6.42. The van der Waals surface area contributed by atoms with Crippen molar-refractivity contribution in [2.45, 2.75) is 19.1 Å². The Labute approximate surface area is 125 Å². The zero-order valence-electron chi connectivity index (χ0n) is 10.7. The summed E-state index contributed by atoms with van der Waals surface area (Å²) in [6.45, 7) is 6.86. The van der Waals surface area contributed by atoms with Crippen LogP contribution >= 0.6 is 24.0 Å². The summed E-state index contributed by atoms with van der Waals surface area (Å²) in [6, 6.07) is 0. The summed E-state index contributed by atoms with van der Waals surface area (Å²) < 4.78 is 16.3. The van der Waals surface area contributed by atoms with Crippen molar-refractivity contribution in [3.63, 3.8) is 0 Å². The van der Waals surface area contributed by atoms with Crippen LogP contribution in [0, 0.1) is 0 Å². The summed E-state index contributed by atoms with van der Waals surface area (Å²) in [5.41, 5.74) is 5.95. The predicted molar refractivity (Wildman–Crippen MR) is 79.5 cm³/mol. The Hall–Kier alpha value is -0.120. The minimum atomic E-state index is 0. The number of nitrogens with zero attached hydrogens (tertiary/aromatic N) is 2. The number of ether oxygens (including phenoxy) is 3. The van der Waals surface area contributed by atoms with Gasteiger partial charge in [0.05, 0.1) is 39.1 Å². The monoisotopic (exact) mass is 371 g/mol. The Morgan fingerprint density at radius 2 is 2.17 bits per heavy atom. The average Bonchev–Trinajstić information content (AvgIpc) is 2.37. The van der Waals surface area contributed by atoms with E-state index in [9.17, 15) is 0 Å². The lowest BCUT2D eigenvalue weighted by Crippen LogP contribution is -2.48. The van der Waals surface area contributed by atoms with E-state index in [0.29, 0.717) is 38.9 Å². The van der Waals surface area contributed by atoms with E-state index in [2.05, 4.69) is 9.89 Å². The van der Waals surface area contributed by atoms with Gasteiger partial charge in [0.2, 0.25) is 0 Å². The number of nitrogens with two attached hydrogens (primary N) is 1. The molecule has 2 saturated heterocycles. The molecule has 2 heterocycles. The third kappa shape index (κ3) is 4.87. The van der Waals surface area contributed by atoms with Gasteiger partial charge in [-0.2, -0.15) is 0 Å². The Balaban J connectivity index is 0.00000162. The molecule has 0 radical (unpaired) electrons. The Bertz CT molecular complexity index is 272. The van der Waals surface area contributed by atoms with Gasteiger partial charge in [-0.25, -0.2) is 0 Å². The molecule has 2 aliphatic rings. The first kappa shape index (κ1) is 15.9. The van der Waals surface area contributed by atoms with Gasteiger partial charge in [0.25, 0.3) is 0 Å². The first-order chi connectivity index (χ1) is 8.25. The summed E-state index contributed by atoms with van der Waals surface area (Å²) in [7, 11) is 0. The van der Waals surface area contributed by atoms with Crippen molar-refractivity contribution >= 4 is 29.9 Å². The number of aliphatic imine (C=N–C) groups is 1. The molecule has 2 rings (SSSR count). The molecule has 2 atom stereocenters. The zero-order chi connectivity index (χ0) is 12.1. The van der Waals surface area contributed by atoms with Gasteiger partial charge < -0.3 is 24.8 Å². The molecular weight excluding hydrogens is 349 g/mol. The quantitative estimate of drug-likeness (QED) is 0.422. The van der Waals surface area contributed by atoms with Gasteiger partial charge in [0, 0.05) is 13.1 Å². The first-order valence-corrected chi connectivity index (χ1v) is 6.11. The maximum atomic E-state index is 5.95. The van der Waals surface area contributed by atoms with Gasteiger partial charge in [-0.1, -0.05) is 0 Å². The second-order valence-corrected chi connectivity index (χ2v) is 4.39. The van der Waals surface area contributed by atoms with Gasteiger partial charge in [0.15, 0.2) is 5.96 Å². The number of hydrogen-bond donors (Lipinski definition) is 1. The molecule has 0 aromatic heterocycles. The lowest BCUT2D eigenvalue weighted by molar-refractivity contribution is -0.0833. The molecule has 0 bridgehead atoms. The van der Waals surface area contributed by atoms with Gasteiger partial charge in [-0.05, 0) is 6.92 Å². The molecule has 0 aromatic carbocycles. The Morgan fingerprint density at radius 3 is 2.83 bits per heavy atom. The van der Waals surface area contributed by atoms with Crippen LogP contribution in [0.4, 0.5) is 0 Å². The summed E-state index contributed by atoms with van der Waals surface area (Å²) in [5.74, 6) is 0.578. The highest BCUT2D eigenvalue weighted by atomic mass is 127. The van der Waals surface area contributed by atoms with E-state index in [4.69, 9.17) is 19.9 Å². The Morgan fingerprint density at radius 1 is 1.33 bits per heavy atom. The molecule has 18 heavy (non-hydrogen) atoms. The molecule has 0 amide bonds. The molecule has 0 aromatic rings. The highest BCUT2D eigenvalue weighted by Gasteiger charge is 2.19. The van der Waals surface area contributed by atoms with Gasteiger partial charge >= 0.3 is 0 Å². The second-order valence-electron chi connectivity index (χ2n) is 4.39. The van der Waals surface area contributed by atoms with E-state index in [1.807, 2.05) is 6.92 Å². The van der Waals surface area contributed by atoms with E-state index >= 15 is 0 Å². The van der Waals surface area contributed by atoms with Crippen LogP contribution in [0.5, 0.6) is 0 Å². The van der Waals surface area contributed by atoms with Crippen LogP contribution < -0.4 is 5.73 Å². The average molecular weight is 371 g/mol. The van der Waals surface area contributed by atoms with Crippen LogP contribution in [0.3, 0.4) is 0 Å². The second kappa shape index (κ2) is 8.13. The maximum Gasteiger partial charge on any atom is 0.191 e. The maximum absolute atomic E-state index is 5.95. The fourth-order valence-corrected chi connectivity index (χ4v) is 1.96. The summed E-state index contributed by atoms with van der Waals surface area (Å²) in [6.07, 6.45) is 0.257. The number of halogens is 1. The van der Waals surface area contributed by atoms with Crippen LogP contribution in [0.25, 0.3) is 0 Å². The van der Waals surface area contributed by atoms with Crippen LogP contribution in [0.15, 0.2) is 4.99 Å². The summed E-state index contributed by atoms with van der Waals surface area (Å²) >= 11 is 0. The third-order valence-electron chi connectivity index (χ3n) is 2.91. The minimum Gasteiger partial charge on any atom is -0.376 e. The Kier molecular flexibility index (Phi) is 7.20. The third-order valence-corrected chi connectivity index (χ3v) is 2.91. The lowest BCUT2D eigenvalue weighted by Gasteiger charge is -2.32. The molecule has 0 aliphatic carbocycles. The van der Waals surface area contributed by atoms with Crippen LogP contribution in [-0.4, -0.2) is 69.1 Å². The van der Waals surface area contributed by atoms with Crippen molar-refractivity contribution in [1.82, 2.24) is 4.90 Å². The zero-order valence-corrected chi connectivity index (χ0v) is 13.0. The molecule has 106 valence electrons. The topological polar surface area (TPSA) is 69.3 Å². The standard InChI is InChI=1S/C11H21N3O3.HI/c1-9-7-14(2-3-16-9)11(12)13-6-10-8-15-4-5-17-10;/h9-10H,2-8H2,1H3,(H2,12,13);1H. The van der Waals surface area contributed by atoms with Gasteiger partial charge in [-0.15, -0.1) is 24.0 Å². The SMILES string of the molecule is CC1CN(C(N)=NCC2COCCO2)CCO1.I. The highest BCUT2D eigenvalue weighted by Crippen LogP contribution is 2.05. The van der Waals surface area contributed by atoms with E-state index in [-0.39, 0.29) is 36.2 Å². The fourth-order valence-electron chi connectivity index (χ4n) is 1.96. The fraction of sp³-hybridized carbons (Fsp3) is 0.909. The van der Waals surface area contributed by atoms with Gasteiger partial charge in [0.1, 0.15) is 6.10 Å². The normalized spacial score (nSPS) is 29.8. The predicted octanol–water partition coefficient (Wildman–Crippen LogP) is 0.0552. The van der Waals surface area contributed by atoms with Crippen molar-refractivity contribution in [2.75, 3.05) is 46.1 Å². The molecule has 0 saturated carbocycles. The van der Waals surface area contributed by atoms with Crippen LogP contribution in [0.2, 0.25) is 0 Å². The molecule has 0 spiro atoms. The number of hydrogen-bond acceptors (Lipinski definition) is 4. The minimum absolute atomic E-state index is 0. The largest absolute Gasteiger partial charge is 0.376 e. The summed E-state index contributed by atoms with van der Waals surface area (Å²) in [5, 5.41) is 0. The highest BCUT2D eigenvalue weighted by molar-refractivity contribution is 14.0. The van der Waals surface area contributed by atoms with Crippen molar-refractivity contribution in [1.29, 1.82) is 0 Å². The van der Waals surface area contributed by atoms with Crippen LogP contribution in [0.1, 0.15) is 6.92 Å². The van der Waals surface area contributed by atoms with Crippen molar-refractivity contribution in [3.8, 4) is 0 Å². The molecule has 2 fully saturated rings. The van der Waals surface area contributed by atoms with Crippen molar-refractivity contribution in [3.05, 3.63) is 0 Å². The number of guanidine groups is 1. The van der Waals surface area contributed by atoms with Crippen LogP contribution in [-0.2, 0) is 14.2 Å². The van der Waals surface area contributed by atoms with E-state index in [1.165, 1.54) is 0 Å². The van der Waals surface area contributed by atoms with Crippen molar-refractivity contribution < 1.29 is 14.2 Å². The number of morpholine rings is 1. The van der Waals surface area contributed by atoms with E-state index < -0.39 is 0 Å². The van der Waals surface area contributed by atoms with Crippen molar-refractivity contribution in [2.24, 2.45) is 10.7 Å². The molecular formula is C11H22IN3O3. The first-order valence-electron chi connectivity index (χ1n) is 6.11. The van der Waals surface area contributed by atoms with Gasteiger partial charge in [-0.3, -0.25) is 4.99 Å². The van der Waals surface area contributed by atoms with E-state index in [0.717, 1.165) is 13.1 Å². The molecule has 2 N–H and O–H groups in total. The molecule has 6 nitrogen and oxygen atoms in total. The van der Waals surface area contributed by atoms with E-state index in [1.54, 1.807) is 0 Å². The molecule has 7 heteroatoms. The lowest BCUT2D eigenvalue weighted by atomic mass is 10.3.